The minimum atomic E-state index is -0.538. The minimum absolute atomic E-state index is 0.0970. The SMILES string of the molecule is O=C(OCC(=O)C12CC3CC(CC(C3)C1)C2)c1cc[n+]([O-])cc1. The van der Waals surface area contributed by atoms with E-state index in [-0.39, 0.29) is 17.8 Å². The molecule has 0 aromatic carbocycles. The first kappa shape index (κ1) is 14.7. The standard InChI is InChI=1S/C18H21NO4/c20-16(11-23-17(21)15-1-3-19(22)4-2-15)18-8-12-5-13(9-18)7-14(6-12)10-18/h1-4,12-14H,5-11H2. The van der Waals surface area contributed by atoms with Crippen molar-refractivity contribution in [1.29, 1.82) is 0 Å². The van der Waals surface area contributed by atoms with Crippen LogP contribution in [0.1, 0.15) is 48.9 Å². The second-order valence-electron chi connectivity index (χ2n) is 7.64. The largest absolute Gasteiger partial charge is 0.619 e. The summed E-state index contributed by atoms with van der Waals surface area (Å²) < 4.78 is 5.83. The van der Waals surface area contributed by atoms with Gasteiger partial charge in [-0.3, -0.25) is 4.79 Å². The third kappa shape index (κ3) is 2.62. The lowest BCUT2D eigenvalue weighted by atomic mass is 9.48. The van der Waals surface area contributed by atoms with Gasteiger partial charge < -0.3 is 9.94 Å². The summed E-state index contributed by atoms with van der Waals surface area (Å²) in [5, 5.41) is 11.0. The lowest BCUT2D eigenvalue weighted by Crippen LogP contribution is -2.51. The summed E-state index contributed by atoms with van der Waals surface area (Å²) in [5.41, 5.74) is 0.0689. The van der Waals surface area contributed by atoms with Crippen LogP contribution in [0, 0.1) is 28.4 Å². The lowest BCUT2D eigenvalue weighted by Gasteiger charge is -2.55. The first-order valence-corrected chi connectivity index (χ1v) is 8.43. The van der Waals surface area contributed by atoms with Crippen LogP contribution in [0.15, 0.2) is 24.5 Å². The van der Waals surface area contributed by atoms with E-state index in [2.05, 4.69) is 0 Å². The molecule has 4 fully saturated rings. The molecule has 4 aliphatic rings. The highest BCUT2D eigenvalue weighted by Gasteiger charge is 2.54. The van der Waals surface area contributed by atoms with Crippen molar-refractivity contribution in [3.63, 3.8) is 0 Å². The van der Waals surface area contributed by atoms with Gasteiger partial charge in [-0.15, -0.1) is 0 Å². The van der Waals surface area contributed by atoms with Crippen molar-refractivity contribution in [1.82, 2.24) is 0 Å². The van der Waals surface area contributed by atoms with Gasteiger partial charge in [0, 0.05) is 17.5 Å². The first-order chi connectivity index (χ1) is 11.0. The zero-order valence-electron chi connectivity index (χ0n) is 13.1. The number of hydrogen-bond donors (Lipinski definition) is 0. The van der Waals surface area contributed by atoms with E-state index in [4.69, 9.17) is 4.74 Å². The van der Waals surface area contributed by atoms with Gasteiger partial charge in [0.1, 0.15) is 0 Å². The molecule has 4 saturated carbocycles. The van der Waals surface area contributed by atoms with Gasteiger partial charge in [-0.1, -0.05) is 0 Å². The first-order valence-electron chi connectivity index (χ1n) is 8.43. The van der Waals surface area contributed by atoms with Gasteiger partial charge in [-0.25, -0.2) is 4.79 Å². The van der Waals surface area contributed by atoms with Crippen molar-refractivity contribution in [3.8, 4) is 0 Å². The number of esters is 1. The fraction of sp³-hybridized carbons (Fsp3) is 0.611. The topological polar surface area (TPSA) is 70.3 Å². The van der Waals surface area contributed by atoms with Crippen LogP contribution in [0.25, 0.3) is 0 Å². The van der Waals surface area contributed by atoms with Crippen molar-refractivity contribution in [2.75, 3.05) is 6.61 Å². The maximum atomic E-state index is 12.8. The Balaban J connectivity index is 1.40. The van der Waals surface area contributed by atoms with Crippen molar-refractivity contribution >= 4 is 11.8 Å². The Labute approximate surface area is 135 Å². The second kappa shape index (κ2) is 5.32. The number of ketones is 1. The van der Waals surface area contributed by atoms with Gasteiger partial charge in [-0.2, -0.15) is 4.73 Å². The number of carbonyl (C=O) groups excluding carboxylic acids is 2. The monoisotopic (exact) mass is 315 g/mol. The Morgan fingerprint density at radius 3 is 2.13 bits per heavy atom. The molecule has 0 saturated heterocycles. The van der Waals surface area contributed by atoms with Crippen LogP contribution in [-0.4, -0.2) is 18.4 Å². The highest BCUT2D eigenvalue weighted by atomic mass is 16.5. The lowest BCUT2D eigenvalue weighted by molar-refractivity contribution is -0.605. The van der Waals surface area contributed by atoms with Crippen LogP contribution in [0.3, 0.4) is 0 Å². The van der Waals surface area contributed by atoms with Crippen LogP contribution in [0.2, 0.25) is 0 Å². The Kier molecular flexibility index (Phi) is 3.39. The van der Waals surface area contributed by atoms with Crippen molar-refractivity contribution in [2.24, 2.45) is 23.2 Å². The third-order valence-corrected chi connectivity index (χ3v) is 6.00. The third-order valence-electron chi connectivity index (χ3n) is 6.00. The Morgan fingerprint density at radius 1 is 1.09 bits per heavy atom. The average Bonchev–Trinajstić information content (AvgIpc) is 2.51. The van der Waals surface area contributed by atoms with Crippen LogP contribution in [0.5, 0.6) is 0 Å². The molecule has 0 radical (unpaired) electrons. The summed E-state index contributed by atoms with van der Waals surface area (Å²) >= 11 is 0. The fourth-order valence-corrected chi connectivity index (χ4v) is 5.37. The number of aromatic nitrogens is 1. The zero-order chi connectivity index (χ0) is 16.0. The molecule has 4 bridgehead atoms. The number of Topliss-reactive ketones (excluding diaryl/α,β-unsaturated/α-hetero) is 1. The quantitative estimate of drug-likeness (QED) is 0.485. The van der Waals surface area contributed by atoms with Crippen molar-refractivity contribution in [3.05, 3.63) is 35.3 Å². The molecule has 5 nitrogen and oxygen atoms in total. The zero-order valence-corrected chi connectivity index (χ0v) is 13.1. The summed E-state index contributed by atoms with van der Waals surface area (Å²) in [4.78, 5) is 24.8. The predicted octanol–water partition coefficient (Wildman–Crippen LogP) is 2.26. The van der Waals surface area contributed by atoms with Gasteiger partial charge in [0.25, 0.3) is 0 Å². The molecule has 122 valence electrons. The molecule has 23 heavy (non-hydrogen) atoms. The van der Waals surface area contributed by atoms with E-state index in [1.54, 1.807) is 0 Å². The maximum absolute atomic E-state index is 12.8. The average molecular weight is 315 g/mol. The van der Waals surface area contributed by atoms with Crippen LogP contribution in [0.4, 0.5) is 0 Å². The maximum Gasteiger partial charge on any atom is 0.339 e. The van der Waals surface area contributed by atoms with Gasteiger partial charge in [0.05, 0.1) is 5.56 Å². The number of rotatable bonds is 4. The Hall–Kier alpha value is -1.91. The molecular formula is C18H21NO4. The summed E-state index contributed by atoms with van der Waals surface area (Å²) in [5.74, 6) is 1.65. The molecule has 5 rings (SSSR count). The molecule has 0 aliphatic heterocycles. The summed E-state index contributed by atoms with van der Waals surface area (Å²) in [6, 6.07) is 2.81. The van der Waals surface area contributed by atoms with E-state index in [9.17, 15) is 14.8 Å². The number of pyridine rings is 1. The summed E-state index contributed by atoms with van der Waals surface area (Å²) in [6.45, 7) is -0.142. The van der Waals surface area contributed by atoms with Gasteiger partial charge in [0.2, 0.25) is 0 Å². The summed E-state index contributed by atoms with van der Waals surface area (Å²) in [6.07, 6.45) is 9.29. The smallest absolute Gasteiger partial charge is 0.339 e. The van der Waals surface area contributed by atoms with E-state index in [0.29, 0.717) is 28.0 Å². The normalized spacial score (nSPS) is 34.3. The van der Waals surface area contributed by atoms with E-state index in [1.807, 2.05) is 0 Å². The predicted molar refractivity (Wildman–Crippen MR) is 81.3 cm³/mol. The van der Waals surface area contributed by atoms with Crippen LogP contribution >= 0.6 is 0 Å². The summed E-state index contributed by atoms with van der Waals surface area (Å²) in [7, 11) is 0. The molecule has 4 aliphatic carbocycles. The number of carbonyl (C=O) groups is 2. The highest BCUT2D eigenvalue weighted by Crippen LogP contribution is 2.60. The minimum Gasteiger partial charge on any atom is -0.619 e. The van der Waals surface area contributed by atoms with Gasteiger partial charge >= 0.3 is 5.97 Å². The van der Waals surface area contributed by atoms with E-state index in [0.717, 1.165) is 19.3 Å². The van der Waals surface area contributed by atoms with Crippen LogP contribution < -0.4 is 4.73 Å². The number of hydrogen-bond acceptors (Lipinski definition) is 4. The number of nitrogens with zero attached hydrogens (tertiary/aromatic N) is 1. The van der Waals surface area contributed by atoms with Crippen molar-refractivity contribution < 1.29 is 19.1 Å². The van der Waals surface area contributed by atoms with Gasteiger partial charge in [0.15, 0.2) is 24.8 Å². The molecule has 1 aromatic rings. The molecule has 0 unspecified atom stereocenters. The number of ether oxygens (including phenoxy) is 1. The molecule has 5 heteroatoms. The Bertz CT molecular complexity index is 602. The molecule has 1 heterocycles. The molecular weight excluding hydrogens is 294 g/mol. The van der Waals surface area contributed by atoms with E-state index < -0.39 is 5.97 Å². The molecule has 0 atom stereocenters. The molecule has 0 N–H and O–H groups in total. The van der Waals surface area contributed by atoms with E-state index >= 15 is 0 Å². The van der Waals surface area contributed by atoms with E-state index in [1.165, 1.54) is 43.8 Å². The highest BCUT2D eigenvalue weighted by molar-refractivity contribution is 5.93. The van der Waals surface area contributed by atoms with Crippen molar-refractivity contribution in [2.45, 2.75) is 38.5 Å². The van der Waals surface area contributed by atoms with Crippen LogP contribution in [-0.2, 0) is 9.53 Å². The molecule has 0 amide bonds. The second-order valence-corrected chi connectivity index (χ2v) is 7.64. The fourth-order valence-electron chi connectivity index (χ4n) is 5.37. The molecule has 0 spiro atoms. The van der Waals surface area contributed by atoms with Gasteiger partial charge in [-0.05, 0) is 56.3 Å². The molecule has 1 aromatic heterocycles. The Morgan fingerprint density at radius 2 is 1.61 bits per heavy atom.